The fourth-order valence-corrected chi connectivity index (χ4v) is 2.60. The van der Waals surface area contributed by atoms with Gasteiger partial charge in [-0.15, -0.1) is 0 Å². The van der Waals surface area contributed by atoms with Gasteiger partial charge in [0.05, 0.1) is 35.8 Å². The zero-order valence-electron chi connectivity index (χ0n) is 10.5. The van der Waals surface area contributed by atoms with Crippen molar-refractivity contribution < 1.29 is 20.1 Å². The van der Waals surface area contributed by atoms with Crippen LogP contribution in [0.5, 0.6) is 0 Å². The van der Waals surface area contributed by atoms with Crippen LogP contribution in [0.3, 0.4) is 0 Å². The number of nitrogens with two attached hydrogens (primary N) is 1. The summed E-state index contributed by atoms with van der Waals surface area (Å²) in [4.78, 5) is 20.0. The predicted molar refractivity (Wildman–Crippen MR) is 78.6 cm³/mol. The zero-order valence-corrected chi connectivity index (χ0v) is 12.7. The Morgan fingerprint density at radius 2 is 2.14 bits per heavy atom. The summed E-state index contributed by atoms with van der Waals surface area (Å²) in [7, 11) is 0. The topological polar surface area (TPSA) is 149 Å². The number of hydrogen-bond donors (Lipinski definition) is 4. The van der Waals surface area contributed by atoms with Gasteiger partial charge in [-0.05, 0) is 0 Å². The highest BCUT2D eigenvalue weighted by atomic mass is 127. The van der Waals surface area contributed by atoms with E-state index in [1.807, 2.05) is 0 Å². The maximum Gasteiger partial charge on any atom is 0.292 e. The number of imidazole rings is 1. The number of hydrogen-bond acceptors (Lipinski definition) is 8. The molecule has 0 saturated carbocycles. The molecule has 1 fully saturated rings. The predicted octanol–water partition coefficient (Wildman–Crippen LogP) is -2.02. The Kier molecular flexibility index (Phi) is 3.61. The number of aliphatic hydroxyl groups excluding tert-OH is 3. The lowest BCUT2D eigenvalue weighted by atomic mass is 10.1. The number of anilines is 1. The fraction of sp³-hybridized carbons (Fsp3) is 0.500. The zero-order chi connectivity index (χ0) is 15.3. The molecule has 1 aliphatic heterocycles. The molecular formula is C10H12IN5O5. The SMILES string of the molecule is Nc1nc2c(ncn2[C@@H]2O[C@H](CO)[C@@H](O)[C@H]2O)c(=O)n1I. The van der Waals surface area contributed by atoms with Crippen LogP contribution in [0.15, 0.2) is 11.1 Å². The molecule has 0 unspecified atom stereocenters. The monoisotopic (exact) mass is 409 g/mol. The minimum Gasteiger partial charge on any atom is -0.394 e. The van der Waals surface area contributed by atoms with Crippen molar-refractivity contribution in [3.63, 3.8) is 0 Å². The van der Waals surface area contributed by atoms with E-state index in [-0.39, 0.29) is 17.1 Å². The number of nitrogen functional groups attached to an aromatic ring is 1. The van der Waals surface area contributed by atoms with E-state index in [0.717, 1.165) is 2.78 Å². The van der Waals surface area contributed by atoms with Crippen molar-refractivity contribution in [3.8, 4) is 0 Å². The summed E-state index contributed by atoms with van der Waals surface area (Å²) in [6, 6.07) is 0. The van der Waals surface area contributed by atoms with Crippen molar-refractivity contribution in [2.45, 2.75) is 24.5 Å². The van der Waals surface area contributed by atoms with Crippen molar-refractivity contribution in [1.82, 2.24) is 17.3 Å². The lowest BCUT2D eigenvalue weighted by Crippen LogP contribution is -2.33. The van der Waals surface area contributed by atoms with Gasteiger partial charge in [-0.1, -0.05) is 0 Å². The first-order chi connectivity index (χ1) is 9.95. The largest absolute Gasteiger partial charge is 0.394 e. The molecule has 3 heterocycles. The van der Waals surface area contributed by atoms with Crippen molar-refractivity contribution in [2.75, 3.05) is 12.3 Å². The van der Waals surface area contributed by atoms with Crippen LogP contribution < -0.4 is 11.3 Å². The first-order valence-electron chi connectivity index (χ1n) is 5.99. The molecule has 5 N–H and O–H groups in total. The van der Waals surface area contributed by atoms with Gasteiger partial charge in [0.2, 0.25) is 5.95 Å². The van der Waals surface area contributed by atoms with Gasteiger partial charge in [-0.3, -0.25) is 9.36 Å². The standard InChI is InChI=1S/C10H12IN5O5/c11-16-8(20)4-7(14-10(16)12)15(2-13-4)9-6(19)5(18)3(1-17)21-9/h2-3,5-6,9,17-19H,1H2,(H2,12,14)/t3-,5-,6-,9-/m1/s1. The fourth-order valence-electron chi connectivity index (χ4n) is 2.26. The van der Waals surface area contributed by atoms with E-state index >= 15 is 0 Å². The lowest BCUT2D eigenvalue weighted by Gasteiger charge is -2.16. The second kappa shape index (κ2) is 5.17. The van der Waals surface area contributed by atoms with Crippen LogP contribution in [-0.4, -0.2) is 57.6 Å². The molecule has 0 radical (unpaired) electrons. The smallest absolute Gasteiger partial charge is 0.292 e. The summed E-state index contributed by atoms with van der Waals surface area (Å²) in [6.45, 7) is -0.447. The molecule has 0 aliphatic carbocycles. The van der Waals surface area contributed by atoms with Crippen LogP contribution in [-0.2, 0) is 4.74 Å². The first-order valence-corrected chi connectivity index (χ1v) is 6.96. The summed E-state index contributed by atoms with van der Waals surface area (Å²) in [5.41, 5.74) is 5.40. The van der Waals surface area contributed by atoms with Gasteiger partial charge in [0, 0.05) is 0 Å². The van der Waals surface area contributed by atoms with Crippen molar-refractivity contribution in [3.05, 3.63) is 16.7 Å². The third-order valence-electron chi connectivity index (χ3n) is 3.36. The molecule has 1 saturated heterocycles. The number of ether oxygens (including phenoxy) is 1. The molecule has 0 bridgehead atoms. The molecule has 0 spiro atoms. The quantitative estimate of drug-likeness (QED) is 0.416. The van der Waals surface area contributed by atoms with Gasteiger partial charge in [0.25, 0.3) is 5.56 Å². The third kappa shape index (κ3) is 2.12. The highest BCUT2D eigenvalue weighted by Gasteiger charge is 2.44. The molecule has 10 nitrogen and oxygen atoms in total. The van der Waals surface area contributed by atoms with Crippen molar-refractivity contribution in [1.29, 1.82) is 0 Å². The van der Waals surface area contributed by atoms with Crippen LogP contribution in [0.2, 0.25) is 0 Å². The van der Waals surface area contributed by atoms with E-state index in [1.165, 1.54) is 10.9 Å². The second-order valence-corrected chi connectivity index (χ2v) is 5.57. The summed E-state index contributed by atoms with van der Waals surface area (Å²) >= 11 is 1.70. The van der Waals surface area contributed by atoms with Crippen molar-refractivity contribution in [2.24, 2.45) is 0 Å². The van der Waals surface area contributed by atoms with Gasteiger partial charge >= 0.3 is 0 Å². The molecule has 114 valence electrons. The molecule has 1 aliphatic rings. The van der Waals surface area contributed by atoms with E-state index in [1.54, 1.807) is 22.9 Å². The summed E-state index contributed by atoms with van der Waals surface area (Å²) in [5, 5.41) is 28.9. The first kappa shape index (κ1) is 14.6. The lowest BCUT2D eigenvalue weighted by molar-refractivity contribution is -0.0511. The Hall–Kier alpha value is -1.28. The van der Waals surface area contributed by atoms with Crippen LogP contribution in [0.1, 0.15) is 6.23 Å². The Morgan fingerprint density at radius 1 is 1.43 bits per heavy atom. The number of aliphatic hydroxyl groups is 3. The molecule has 0 aromatic carbocycles. The maximum absolute atomic E-state index is 12.0. The Labute approximate surface area is 131 Å². The van der Waals surface area contributed by atoms with Crippen LogP contribution in [0.4, 0.5) is 5.95 Å². The number of fused-ring (bicyclic) bond motifs is 1. The summed E-state index contributed by atoms with van der Waals surface area (Å²) in [6.07, 6.45) is -3.21. The summed E-state index contributed by atoms with van der Waals surface area (Å²) in [5.74, 6) is -0.0263. The van der Waals surface area contributed by atoms with Gasteiger partial charge in [0.1, 0.15) is 18.3 Å². The van der Waals surface area contributed by atoms with Gasteiger partial charge in [0.15, 0.2) is 17.4 Å². The van der Waals surface area contributed by atoms with E-state index in [4.69, 9.17) is 15.6 Å². The molecule has 0 amide bonds. The van der Waals surface area contributed by atoms with E-state index in [0.29, 0.717) is 0 Å². The van der Waals surface area contributed by atoms with E-state index < -0.39 is 36.7 Å². The highest BCUT2D eigenvalue weighted by molar-refractivity contribution is 14.1. The van der Waals surface area contributed by atoms with Gasteiger partial charge in [-0.2, -0.15) is 4.98 Å². The van der Waals surface area contributed by atoms with Crippen LogP contribution >= 0.6 is 22.9 Å². The average molecular weight is 409 g/mol. The second-order valence-electron chi connectivity index (χ2n) is 4.61. The normalized spacial score (nSPS) is 29.3. The molecule has 4 atom stereocenters. The van der Waals surface area contributed by atoms with E-state index in [2.05, 4.69) is 9.97 Å². The Bertz CT molecular complexity index is 745. The average Bonchev–Trinajstić information content (AvgIpc) is 2.99. The molecule has 2 aromatic rings. The van der Waals surface area contributed by atoms with E-state index in [9.17, 15) is 15.0 Å². The number of rotatable bonds is 2. The molecule has 21 heavy (non-hydrogen) atoms. The van der Waals surface area contributed by atoms with Crippen LogP contribution in [0.25, 0.3) is 11.2 Å². The Balaban J connectivity index is 2.12. The number of nitrogens with zero attached hydrogens (tertiary/aromatic N) is 4. The molecule has 11 heteroatoms. The van der Waals surface area contributed by atoms with Gasteiger partial charge < -0.3 is 25.8 Å². The minimum atomic E-state index is -1.29. The van der Waals surface area contributed by atoms with Crippen LogP contribution in [0, 0.1) is 0 Å². The maximum atomic E-state index is 12.0. The molecule has 2 aromatic heterocycles. The highest BCUT2D eigenvalue weighted by Crippen LogP contribution is 2.30. The molecule has 3 rings (SSSR count). The minimum absolute atomic E-state index is 0.0263. The molecular weight excluding hydrogens is 397 g/mol. The Morgan fingerprint density at radius 3 is 2.76 bits per heavy atom. The number of halogens is 1. The van der Waals surface area contributed by atoms with Gasteiger partial charge in [-0.25, -0.2) is 7.76 Å². The van der Waals surface area contributed by atoms with Crippen molar-refractivity contribution >= 4 is 40.0 Å². The summed E-state index contributed by atoms with van der Waals surface area (Å²) < 4.78 is 7.81. The number of aromatic nitrogens is 4. The third-order valence-corrected chi connectivity index (χ3v) is 4.29.